The van der Waals surface area contributed by atoms with E-state index in [1.807, 2.05) is 6.92 Å². The summed E-state index contributed by atoms with van der Waals surface area (Å²) in [6, 6.07) is 5.19. The van der Waals surface area contributed by atoms with Crippen LogP contribution in [0.2, 0.25) is 10.0 Å². The average molecular weight is 322 g/mol. The molecule has 0 heterocycles. The van der Waals surface area contributed by atoms with Gasteiger partial charge in [0.2, 0.25) is 0 Å². The molecule has 20 heavy (non-hydrogen) atoms. The van der Waals surface area contributed by atoms with Crippen molar-refractivity contribution >= 4 is 23.2 Å². The van der Waals surface area contributed by atoms with Crippen LogP contribution in [0.15, 0.2) is 18.2 Å². The molecule has 0 fully saturated rings. The van der Waals surface area contributed by atoms with Crippen molar-refractivity contribution in [1.29, 1.82) is 0 Å². The first-order valence-corrected chi connectivity index (χ1v) is 7.38. The maximum absolute atomic E-state index is 9.83. The average Bonchev–Trinajstić information content (AvgIpc) is 2.43. The number of hydrogen-bond acceptors (Lipinski definition) is 4. The first kappa shape index (κ1) is 17.5. The first-order chi connectivity index (χ1) is 9.52. The molecule has 0 amide bonds. The maximum atomic E-state index is 9.83. The van der Waals surface area contributed by atoms with Crippen LogP contribution in [-0.4, -0.2) is 42.1 Å². The molecule has 114 valence electrons. The van der Waals surface area contributed by atoms with Gasteiger partial charge in [-0.25, -0.2) is 0 Å². The minimum absolute atomic E-state index is 0.139. The SMILES string of the molecule is CC(CCCO)NCC(O)COc1cc(Cl)ccc1Cl. The van der Waals surface area contributed by atoms with Crippen molar-refractivity contribution in [2.75, 3.05) is 19.8 Å². The molecular weight excluding hydrogens is 301 g/mol. The van der Waals surface area contributed by atoms with Crippen LogP contribution in [0.3, 0.4) is 0 Å². The topological polar surface area (TPSA) is 61.7 Å². The molecular formula is C14H21Cl2NO3. The molecule has 4 nitrogen and oxygen atoms in total. The van der Waals surface area contributed by atoms with Crippen molar-refractivity contribution in [1.82, 2.24) is 5.32 Å². The highest BCUT2D eigenvalue weighted by molar-refractivity contribution is 6.34. The molecule has 0 saturated carbocycles. The number of aliphatic hydroxyl groups excluding tert-OH is 2. The zero-order chi connectivity index (χ0) is 15.0. The minimum atomic E-state index is -0.637. The number of benzene rings is 1. The molecule has 3 N–H and O–H groups in total. The summed E-state index contributed by atoms with van der Waals surface area (Å²) < 4.78 is 5.45. The molecule has 0 aromatic heterocycles. The Morgan fingerprint density at radius 1 is 1.35 bits per heavy atom. The Hall–Kier alpha value is -0.520. The molecule has 0 radical (unpaired) electrons. The lowest BCUT2D eigenvalue weighted by Gasteiger charge is -2.17. The minimum Gasteiger partial charge on any atom is -0.489 e. The van der Waals surface area contributed by atoms with Gasteiger partial charge in [-0.2, -0.15) is 0 Å². The van der Waals surface area contributed by atoms with E-state index in [1.54, 1.807) is 18.2 Å². The van der Waals surface area contributed by atoms with Crippen LogP contribution in [0, 0.1) is 0 Å². The van der Waals surface area contributed by atoms with Gasteiger partial charge in [0, 0.05) is 30.3 Å². The van der Waals surface area contributed by atoms with Crippen molar-refractivity contribution in [3.63, 3.8) is 0 Å². The van der Waals surface area contributed by atoms with Crippen molar-refractivity contribution in [2.24, 2.45) is 0 Å². The fraction of sp³-hybridized carbons (Fsp3) is 0.571. The summed E-state index contributed by atoms with van der Waals surface area (Å²) in [7, 11) is 0. The maximum Gasteiger partial charge on any atom is 0.139 e. The normalized spacial score (nSPS) is 14.1. The third-order valence-electron chi connectivity index (χ3n) is 2.82. The van der Waals surface area contributed by atoms with Crippen LogP contribution in [-0.2, 0) is 0 Å². The Labute approximate surface area is 129 Å². The molecule has 0 aliphatic rings. The Morgan fingerprint density at radius 3 is 2.80 bits per heavy atom. The van der Waals surface area contributed by atoms with Gasteiger partial charge in [-0.1, -0.05) is 23.2 Å². The largest absolute Gasteiger partial charge is 0.489 e. The van der Waals surface area contributed by atoms with Gasteiger partial charge in [-0.15, -0.1) is 0 Å². The molecule has 1 aromatic carbocycles. The third kappa shape index (κ3) is 6.77. The molecule has 1 rings (SSSR count). The lowest BCUT2D eigenvalue weighted by Crippen LogP contribution is -2.36. The lowest BCUT2D eigenvalue weighted by molar-refractivity contribution is 0.103. The summed E-state index contributed by atoms with van der Waals surface area (Å²) in [6.45, 7) is 2.76. The monoisotopic (exact) mass is 321 g/mol. The van der Waals surface area contributed by atoms with E-state index in [9.17, 15) is 5.11 Å². The van der Waals surface area contributed by atoms with Crippen molar-refractivity contribution in [2.45, 2.75) is 31.9 Å². The zero-order valence-corrected chi connectivity index (χ0v) is 13.0. The third-order valence-corrected chi connectivity index (χ3v) is 3.37. The first-order valence-electron chi connectivity index (χ1n) is 6.63. The van der Waals surface area contributed by atoms with E-state index in [0.29, 0.717) is 22.3 Å². The van der Waals surface area contributed by atoms with Gasteiger partial charge in [0.15, 0.2) is 0 Å². The van der Waals surface area contributed by atoms with E-state index >= 15 is 0 Å². The number of nitrogens with one attached hydrogen (secondary N) is 1. The Bertz CT molecular complexity index is 404. The highest BCUT2D eigenvalue weighted by Crippen LogP contribution is 2.27. The van der Waals surface area contributed by atoms with E-state index in [1.165, 1.54) is 0 Å². The second-order valence-corrected chi connectivity index (χ2v) is 5.56. The van der Waals surface area contributed by atoms with E-state index in [-0.39, 0.29) is 19.3 Å². The smallest absolute Gasteiger partial charge is 0.139 e. The van der Waals surface area contributed by atoms with Gasteiger partial charge in [-0.05, 0) is 31.9 Å². The predicted octanol–water partition coefficient (Wildman–Crippen LogP) is 2.48. The highest BCUT2D eigenvalue weighted by Gasteiger charge is 2.09. The van der Waals surface area contributed by atoms with Crippen LogP contribution in [0.5, 0.6) is 5.75 Å². The molecule has 2 atom stereocenters. The number of rotatable bonds is 9. The van der Waals surface area contributed by atoms with Gasteiger partial charge in [-0.3, -0.25) is 0 Å². The molecule has 0 saturated heterocycles. The Balaban J connectivity index is 2.29. The van der Waals surface area contributed by atoms with Crippen LogP contribution in [0.4, 0.5) is 0 Å². The fourth-order valence-corrected chi connectivity index (χ4v) is 2.00. The molecule has 0 spiro atoms. The fourth-order valence-electron chi connectivity index (χ4n) is 1.67. The lowest BCUT2D eigenvalue weighted by atomic mass is 10.2. The summed E-state index contributed by atoms with van der Waals surface area (Å²) >= 11 is 11.8. The molecule has 2 unspecified atom stereocenters. The molecule has 0 bridgehead atoms. The van der Waals surface area contributed by atoms with E-state index < -0.39 is 6.10 Å². The summed E-state index contributed by atoms with van der Waals surface area (Å²) in [5.41, 5.74) is 0. The van der Waals surface area contributed by atoms with Crippen LogP contribution >= 0.6 is 23.2 Å². The van der Waals surface area contributed by atoms with Crippen LogP contribution in [0.25, 0.3) is 0 Å². The van der Waals surface area contributed by atoms with Gasteiger partial charge in [0.25, 0.3) is 0 Å². The summed E-state index contributed by atoms with van der Waals surface area (Å²) in [4.78, 5) is 0. The van der Waals surface area contributed by atoms with E-state index in [0.717, 1.165) is 12.8 Å². The second-order valence-electron chi connectivity index (χ2n) is 4.71. The molecule has 0 aliphatic heterocycles. The number of aliphatic hydroxyl groups is 2. The predicted molar refractivity (Wildman–Crippen MR) is 81.7 cm³/mol. The number of hydrogen-bond donors (Lipinski definition) is 3. The molecule has 1 aromatic rings. The van der Waals surface area contributed by atoms with Crippen molar-refractivity contribution < 1.29 is 14.9 Å². The standard InChI is InChI=1S/C14H21Cl2NO3/c1-10(3-2-6-18)17-8-12(19)9-20-14-7-11(15)4-5-13(14)16/h4-5,7,10,12,17-19H,2-3,6,8-9H2,1H3. The van der Waals surface area contributed by atoms with Crippen LogP contribution < -0.4 is 10.1 Å². The van der Waals surface area contributed by atoms with E-state index in [2.05, 4.69) is 5.32 Å². The van der Waals surface area contributed by atoms with Crippen molar-refractivity contribution in [3.8, 4) is 5.75 Å². The number of ether oxygens (including phenoxy) is 1. The Morgan fingerprint density at radius 2 is 2.10 bits per heavy atom. The van der Waals surface area contributed by atoms with Gasteiger partial charge in [0.05, 0.1) is 5.02 Å². The van der Waals surface area contributed by atoms with Crippen LogP contribution in [0.1, 0.15) is 19.8 Å². The zero-order valence-electron chi connectivity index (χ0n) is 11.5. The molecule has 6 heteroatoms. The summed E-state index contributed by atoms with van der Waals surface area (Å²) in [6.07, 6.45) is 0.977. The van der Waals surface area contributed by atoms with Gasteiger partial charge >= 0.3 is 0 Å². The number of halogens is 2. The van der Waals surface area contributed by atoms with Gasteiger partial charge < -0.3 is 20.3 Å². The highest BCUT2D eigenvalue weighted by atomic mass is 35.5. The molecule has 0 aliphatic carbocycles. The quantitative estimate of drug-likeness (QED) is 0.654. The Kier molecular flexibility index (Phi) is 8.26. The summed E-state index contributed by atoms with van der Waals surface area (Å²) in [5.74, 6) is 0.464. The van der Waals surface area contributed by atoms with Crippen molar-refractivity contribution in [3.05, 3.63) is 28.2 Å². The van der Waals surface area contributed by atoms with E-state index in [4.69, 9.17) is 33.0 Å². The second kappa shape index (κ2) is 9.42. The summed E-state index contributed by atoms with van der Waals surface area (Å²) in [5, 5.41) is 22.7. The van der Waals surface area contributed by atoms with Gasteiger partial charge in [0.1, 0.15) is 18.5 Å².